The normalized spacial score (nSPS) is 20.0. The molecule has 4 heteroatoms. The van der Waals surface area contributed by atoms with Gasteiger partial charge >= 0.3 is 0 Å². The minimum Gasteiger partial charge on any atom is -0.356 e. The van der Waals surface area contributed by atoms with Gasteiger partial charge in [-0.15, -0.1) is 0 Å². The summed E-state index contributed by atoms with van der Waals surface area (Å²) in [5, 5.41) is 0. The molecule has 90 valence electrons. The molecule has 0 unspecified atom stereocenters. The summed E-state index contributed by atoms with van der Waals surface area (Å²) < 4.78 is 10.3. The fourth-order valence-corrected chi connectivity index (χ4v) is 1.88. The van der Waals surface area contributed by atoms with Gasteiger partial charge in [-0.3, -0.25) is 0 Å². The van der Waals surface area contributed by atoms with Crippen LogP contribution in [0.25, 0.3) is 0 Å². The summed E-state index contributed by atoms with van der Waals surface area (Å²) in [7, 11) is 5.58. The van der Waals surface area contributed by atoms with E-state index in [2.05, 4.69) is 16.8 Å². The van der Waals surface area contributed by atoms with Crippen molar-refractivity contribution in [1.82, 2.24) is 9.80 Å². The molecular formula is C11H24N2O2. The van der Waals surface area contributed by atoms with Gasteiger partial charge in [-0.05, 0) is 26.4 Å². The molecule has 1 saturated heterocycles. The van der Waals surface area contributed by atoms with Crippen LogP contribution in [-0.4, -0.2) is 70.1 Å². The molecule has 1 aliphatic rings. The Labute approximate surface area is 93.1 Å². The first-order valence-electron chi connectivity index (χ1n) is 5.72. The highest BCUT2D eigenvalue weighted by atomic mass is 16.7. The van der Waals surface area contributed by atoms with Crippen molar-refractivity contribution in [2.45, 2.75) is 19.1 Å². The van der Waals surface area contributed by atoms with Crippen molar-refractivity contribution in [3.8, 4) is 0 Å². The first kappa shape index (κ1) is 12.9. The predicted molar refractivity (Wildman–Crippen MR) is 61.0 cm³/mol. The zero-order chi connectivity index (χ0) is 11.1. The summed E-state index contributed by atoms with van der Waals surface area (Å²) in [5.41, 5.74) is 0. The Balaban J connectivity index is 2.04. The smallest absolute Gasteiger partial charge is 0.156 e. The molecule has 1 rings (SSSR count). The van der Waals surface area contributed by atoms with E-state index in [1.54, 1.807) is 14.2 Å². The van der Waals surface area contributed by atoms with Gasteiger partial charge in [0.2, 0.25) is 0 Å². The van der Waals surface area contributed by atoms with Crippen LogP contribution in [0.1, 0.15) is 12.8 Å². The third-order valence-electron chi connectivity index (χ3n) is 3.04. The first-order valence-corrected chi connectivity index (χ1v) is 5.72. The standard InChI is InChI=1S/C11H24N2O2/c1-12-7-9-13(10-8-12)6-4-5-11(14-2)15-3/h11H,4-10H2,1-3H3. The van der Waals surface area contributed by atoms with Crippen LogP contribution in [0.2, 0.25) is 0 Å². The molecule has 0 amide bonds. The lowest BCUT2D eigenvalue weighted by Crippen LogP contribution is -2.44. The molecule has 0 saturated carbocycles. The fourth-order valence-electron chi connectivity index (χ4n) is 1.88. The van der Waals surface area contributed by atoms with Crippen LogP contribution in [-0.2, 0) is 9.47 Å². The molecule has 1 heterocycles. The molecule has 0 spiro atoms. The molecule has 0 radical (unpaired) electrons. The molecule has 0 bridgehead atoms. The molecular weight excluding hydrogens is 192 g/mol. The van der Waals surface area contributed by atoms with Crippen LogP contribution in [0, 0.1) is 0 Å². The third kappa shape index (κ3) is 4.93. The van der Waals surface area contributed by atoms with E-state index in [9.17, 15) is 0 Å². The summed E-state index contributed by atoms with van der Waals surface area (Å²) >= 11 is 0. The van der Waals surface area contributed by atoms with E-state index >= 15 is 0 Å². The average molecular weight is 216 g/mol. The lowest BCUT2D eigenvalue weighted by molar-refractivity contribution is -0.107. The van der Waals surface area contributed by atoms with Crippen LogP contribution in [0.4, 0.5) is 0 Å². The molecule has 0 aromatic heterocycles. The fraction of sp³-hybridized carbons (Fsp3) is 1.00. The maximum Gasteiger partial charge on any atom is 0.156 e. The number of nitrogens with zero attached hydrogens (tertiary/aromatic N) is 2. The third-order valence-corrected chi connectivity index (χ3v) is 3.04. The van der Waals surface area contributed by atoms with E-state index in [-0.39, 0.29) is 6.29 Å². The Hall–Kier alpha value is -0.160. The number of piperazine rings is 1. The van der Waals surface area contributed by atoms with Crippen LogP contribution in [0.5, 0.6) is 0 Å². The Bertz CT molecular complexity index is 155. The molecule has 0 aromatic carbocycles. The van der Waals surface area contributed by atoms with Gasteiger partial charge in [0.15, 0.2) is 6.29 Å². The second kappa shape index (κ2) is 7.17. The van der Waals surface area contributed by atoms with Crippen LogP contribution >= 0.6 is 0 Å². The summed E-state index contributed by atoms with van der Waals surface area (Å²) in [5.74, 6) is 0. The van der Waals surface area contributed by atoms with E-state index < -0.39 is 0 Å². The Morgan fingerprint density at radius 1 is 1.07 bits per heavy atom. The minimum atomic E-state index is -0.0301. The van der Waals surface area contributed by atoms with Crippen LogP contribution in [0.15, 0.2) is 0 Å². The Morgan fingerprint density at radius 3 is 2.20 bits per heavy atom. The molecule has 0 atom stereocenters. The maximum absolute atomic E-state index is 5.16. The van der Waals surface area contributed by atoms with E-state index in [1.165, 1.54) is 26.2 Å². The van der Waals surface area contributed by atoms with Crippen molar-refractivity contribution < 1.29 is 9.47 Å². The highest BCUT2D eigenvalue weighted by Crippen LogP contribution is 2.05. The highest BCUT2D eigenvalue weighted by molar-refractivity contribution is 4.69. The molecule has 15 heavy (non-hydrogen) atoms. The maximum atomic E-state index is 5.16. The topological polar surface area (TPSA) is 24.9 Å². The van der Waals surface area contributed by atoms with Gasteiger partial charge in [0, 0.05) is 40.4 Å². The number of methoxy groups -OCH3 is 2. The Morgan fingerprint density at radius 2 is 1.67 bits per heavy atom. The Kier molecular flexibility index (Phi) is 6.17. The number of hydrogen-bond acceptors (Lipinski definition) is 4. The number of hydrogen-bond donors (Lipinski definition) is 0. The van der Waals surface area contributed by atoms with Gasteiger partial charge in [0.1, 0.15) is 0 Å². The van der Waals surface area contributed by atoms with Crippen molar-refractivity contribution >= 4 is 0 Å². The van der Waals surface area contributed by atoms with E-state index in [0.717, 1.165) is 19.4 Å². The zero-order valence-electron chi connectivity index (χ0n) is 10.2. The van der Waals surface area contributed by atoms with E-state index in [0.29, 0.717) is 0 Å². The van der Waals surface area contributed by atoms with Gasteiger partial charge in [-0.25, -0.2) is 0 Å². The first-order chi connectivity index (χ1) is 7.26. The van der Waals surface area contributed by atoms with Crippen LogP contribution in [0.3, 0.4) is 0 Å². The zero-order valence-corrected chi connectivity index (χ0v) is 10.2. The average Bonchev–Trinajstić information content (AvgIpc) is 2.27. The summed E-state index contributed by atoms with van der Waals surface area (Å²) in [6, 6.07) is 0. The SMILES string of the molecule is COC(CCCN1CCN(C)CC1)OC. The second-order valence-corrected chi connectivity index (χ2v) is 4.19. The lowest BCUT2D eigenvalue weighted by atomic mass is 10.2. The van der Waals surface area contributed by atoms with Crippen molar-refractivity contribution in [2.75, 3.05) is 54.0 Å². The lowest BCUT2D eigenvalue weighted by Gasteiger charge is -2.32. The summed E-state index contributed by atoms with van der Waals surface area (Å²) in [4.78, 5) is 4.89. The molecule has 0 N–H and O–H groups in total. The summed E-state index contributed by atoms with van der Waals surface area (Å²) in [6.07, 6.45) is 2.10. The number of rotatable bonds is 6. The van der Waals surface area contributed by atoms with Crippen LogP contribution < -0.4 is 0 Å². The van der Waals surface area contributed by atoms with E-state index in [4.69, 9.17) is 9.47 Å². The monoisotopic (exact) mass is 216 g/mol. The molecule has 0 aromatic rings. The van der Waals surface area contributed by atoms with Gasteiger partial charge in [-0.1, -0.05) is 0 Å². The number of ether oxygens (including phenoxy) is 2. The van der Waals surface area contributed by atoms with Gasteiger partial charge in [0.05, 0.1) is 0 Å². The second-order valence-electron chi connectivity index (χ2n) is 4.19. The minimum absolute atomic E-state index is 0.0301. The van der Waals surface area contributed by atoms with Crippen molar-refractivity contribution in [3.63, 3.8) is 0 Å². The van der Waals surface area contributed by atoms with Crippen molar-refractivity contribution in [3.05, 3.63) is 0 Å². The van der Waals surface area contributed by atoms with E-state index in [1.807, 2.05) is 0 Å². The van der Waals surface area contributed by atoms with Crippen molar-refractivity contribution in [1.29, 1.82) is 0 Å². The quantitative estimate of drug-likeness (QED) is 0.608. The number of likely N-dealkylation sites (N-methyl/N-ethyl adjacent to an activating group) is 1. The van der Waals surface area contributed by atoms with Gasteiger partial charge < -0.3 is 19.3 Å². The highest BCUT2D eigenvalue weighted by Gasteiger charge is 2.13. The van der Waals surface area contributed by atoms with Gasteiger partial charge in [-0.2, -0.15) is 0 Å². The van der Waals surface area contributed by atoms with Gasteiger partial charge in [0.25, 0.3) is 0 Å². The predicted octanol–water partition coefficient (Wildman–Crippen LogP) is 0.633. The largest absolute Gasteiger partial charge is 0.356 e. The molecule has 4 nitrogen and oxygen atoms in total. The molecule has 1 fully saturated rings. The molecule has 0 aliphatic carbocycles. The summed E-state index contributed by atoms with van der Waals surface area (Å²) in [6.45, 7) is 5.94. The molecule has 1 aliphatic heterocycles. The van der Waals surface area contributed by atoms with Crippen molar-refractivity contribution in [2.24, 2.45) is 0 Å².